The molecular weight excluding hydrogens is 305 g/mol. The molecule has 1 aliphatic rings. The van der Waals surface area contributed by atoms with Crippen molar-refractivity contribution in [3.8, 4) is 0 Å². The van der Waals surface area contributed by atoms with E-state index in [1.54, 1.807) is 6.07 Å². The third-order valence-electron chi connectivity index (χ3n) is 3.26. The highest BCUT2D eigenvalue weighted by Crippen LogP contribution is 2.27. The Morgan fingerprint density at radius 2 is 1.90 bits per heavy atom. The van der Waals surface area contributed by atoms with Gasteiger partial charge < -0.3 is 9.80 Å². The minimum absolute atomic E-state index is 0. The summed E-state index contributed by atoms with van der Waals surface area (Å²) in [6.07, 6.45) is 0. The summed E-state index contributed by atoms with van der Waals surface area (Å²) in [6, 6.07) is 4.54. The Kier molecular flexibility index (Phi) is 5.74. The first kappa shape index (κ1) is 16.7. The number of rotatable bonds is 3. The summed E-state index contributed by atoms with van der Waals surface area (Å²) in [5.74, 6) is 0. The molecular formula is C12H15Cl2N3O3. The second-order valence-electron chi connectivity index (χ2n) is 4.52. The van der Waals surface area contributed by atoms with Crippen LogP contribution >= 0.6 is 24.0 Å². The number of nitrogens with zero attached hydrogens (tertiary/aromatic N) is 3. The van der Waals surface area contributed by atoms with Crippen LogP contribution in [0.3, 0.4) is 0 Å². The summed E-state index contributed by atoms with van der Waals surface area (Å²) in [5.41, 5.74) is 0.447. The third kappa shape index (κ3) is 3.59. The summed E-state index contributed by atoms with van der Waals surface area (Å²) < 4.78 is 0. The molecule has 1 fully saturated rings. The Morgan fingerprint density at radius 1 is 1.30 bits per heavy atom. The molecule has 20 heavy (non-hydrogen) atoms. The number of carbonyl (C=O) groups excluding carboxylic acids is 1. The van der Waals surface area contributed by atoms with E-state index in [2.05, 4.69) is 9.80 Å². The zero-order valence-corrected chi connectivity index (χ0v) is 12.5. The summed E-state index contributed by atoms with van der Waals surface area (Å²) in [5, 5.41) is 10.2. The van der Waals surface area contributed by atoms with Gasteiger partial charge in [-0.05, 0) is 30.8 Å². The van der Waals surface area contributed by atoms with E-state index in [0.717, 1.165) is 31.9 Å². The van der Waals surface area contributed by atoms with E-state index < -0.39 is 10.2 Å². The van der Waals surface area contributed by atoms with Gasteiger partial charge in [0.1, 0.15) is 5.56 Å². The molecule has 8 heteroatoms. The van der Waals surface area contributed by atoms with Gasteiger partial charge in [-0.1, -0.05) is 0 Å². The zero-order chi connectivity index (χ0) is 14.0. The predicted octanol–water partition coefficient (Wildman–Crippen LogP) is 2.15. The lowest BCUT2D eigenvalue weighted by molar-refractivity contribution is -0.385. The lowest BCUT2D eigenvalue weighted by Gasteiger charge is -2.33. The first-order valence-electron chi connectivity index (χ1n) is 5.91. The highest BCUT2D eigenvalue weighted by molar-refractivity contribution is 6.68. The van der Waals surface area contributed by atoms with Crippen LogP contribution in [0.15, 0.2) is 18.2 Å². The van der Waals surface area contributed by atoms with E-state index in [4.69, 9.17) is 11.6 Å². The van der Waals surface area contributed by atoms with Crippen LogP contribution in [0.25, 0.3) is 0 Å². The number of hydrogen-bond acceptors (Lipinski definition) is 5. The van der Waals surface area contributed by atoms with E-state index in [-0.39, 0.29) is 23.7 Å². The van der Waals surface area contributed by atoms with Gasteiger partial charge >= 0.3 is 0 Å². The number of carbonyl (C=O) groups is 1. The van der Waals surface area contributed by atoms with Crippen molar-refractivity contribution in [1.82, 2.24) is 4.90 Å². The van der Waals surface area contributed by atoms with Gasteiger partial charge in [-0.15, -0.1) is 12.4 Å². The highest BCUT2D eigenvalue weighted by atomic mass is 35.5. The quantitative estimate of drug-likeness (QED) is 0.485. The Bertz CT molecular complexity index is 517. The van der Waals surface area contributed by atoms with E-state index in [1.807, 2.05) is 7.05 Å². The summed E-state index contributed by atoms with van der Waals surface area (Å²) in [6.45, 7) is 3.43. The van der Waals surface area contributed by atoms with Crippen molar-refractivity contribution in [2.24, 2.45) is 0 Å². The molecule has 0 bridgehead atoms. The molecule has 0 aromatic heterocycles. The summed E-state index contributed by atoms with van der Waals surface area (Å²) in [7, 11) is 2.04. The maximum Gasteiger partial charge on any atom is 0.283 e. The number of nitro benzene ring substituents is 1. The van der Waals surface area contributed by atoms with Gasteiger partial charge in [-0.3, -0.25) is 14.9 Å². The van der Waals surface area contributed by atoms with Crippen molar-refractivity contribution >= 4 is 40.6 Å². The maximum absolute atomic E-state index is 11.1. The summed E-state index contributed by atoms with van der Waals surface area (Å²) in [4.78, 5) is 25.8. The molecule has 0 aliphatic carbocycles. The van der Waals surface area contributed by atoms with Gasteiger partial charge in [0.25, 0.3) is 10.9 Å². The molecule has 6 nitrogen and oxygen atoms in total. The van der Waals surface area contributed by atoms with E-state index >= 15 is 0 Å². The molecule has 0 spiro atoms. The van der Waals surface area contributed by atoms with Gasteiger partial charge in [-0.25, -0.2) is 0 Å². The van der Waals surface area contributed by atoms with Crippen molar-refractivity contribution in [1.29, 1.82) is 0 Å². The number of nitro groups is 1. The number of piperazine rings is 1. The van der Waals surface area contributed by atoms with Crippen LogP contribution in [0.4, 0.5) is 11.4 Å². The maximum atomic E-state index is 11.1. The number of likely N-dealkylation sites (N-methyl/N-ethyl adjacent to an activating group) is 1. The van der Waals surface area contributed by atoms with Crippen molar-refractivity contribution in [2.75, 3.05) is 38.1 Å². The molecule has 2 rings (SSSR count). The number of anilines is 1. The van der Waals surface area contributed by atoms with Gasteiger partial charge in [0.05, 0.1) is 4.92 Å². The second-order valence-corrected chi connectivity index (χ2v) is 4.87. The van der Waals surface area contributed by atoms with Gasteiger partial charge in [-0.2, -0.15) is 0 Å². The monoisotopic (exact) mass is 319 g/mol. The predicted molar refractivity (Wildman–Crippen MR) is 80.2 cm³/mol. The lowest BCUT2D eigenvalue weighted by atomic mass is 10.1. The average molecular weight is 320 g/mol. The Hall–Kier alpha value is -1.37. The van der Waals surface area contributed by atoms with Crippen molar-refractivity contribution in [3.63, 3.8) is 0 Å². The third-order valence-corrected chi connectivity index (χ3v) is 3.46. The fourth-order valence-electron chi connectivity index (χ4n) is 2.10. The topological polar surface area (TPSA) is 66.7 Å². The highest BCUT2D eigenvalue weighted by Gasteiger charge is 2.22. The van der Waals surface area contributed by atoms with Crippen LogP contribution in [0, 0.1) is 10.1 Å². The number of hydrogen-bond donors (Lipinski definition) is 0. The lowest BCUT2D eigenvalue weighted by Crippen LogP contribution is -2.44. The molecule has 1 saturated heterocycles. The van der Waals surface area contributed by atoms with Crippen LogP contribution in [0.1, 0.15) is 10.4 Å². The zero-order valence-electron chi connectivity index (χ0n) is 10.9. The molecule has 1 aromatic rings. The average Bonchev–Trinajstić information content (AvgIpc) is 2.38. The fraction of sp³-hybridized carbons (Fsp3) is 0.417. The largest absolute Gasteiger partial charge is 0.369 e. The van der Waals surface area contributed by atoms with Crippen LogP contribution in [-0.2, 0) is 0 Å². The first-order chi connectivity index (χ1) is 8.99. The Labute approximate surface area is 127 Å². The second kappa shape index (κ2) is 6.88. The molecule has 110 valence electrons. The normalized spacial score (nSPS) is 15.6. The molecule has 0 amide bonds. The smallest absolute Gasteiger partial charge is 0.283 e. The standard InChI is InChI=1S/C12H14ClN3O3.ClH/c1-14-4-6-15(7-5-14)9-2-3-10(12(13)17)11(8-9)16(18)19;/h2-3,8H,4-7H2,1H3;1H. The van der Waals surface area contributed by atoms with Crippen molar-refractivity contribution in [3.05, 3.63) is 33.9 Å². The van der Waals surface area contributed by atoms with E-state index in [9.17, 15) is 14.9 Å². The van der Waals surface area contributed by atoms with Crippen molar-refractivity contribution in [2.45, 2.75) is 0 Å². The van der Waals surface area contributed by atoms with Crippen LogP contribution in [-0.4, -0.2) is 48.3 Å². The van der Waals surface area contributed by atoms with Crippen LogP contribution < -0.4 is 4.90 Å². The first-order valence-corrected chi connectivity index (χ1v) is 6.28. The molecule has 1 aliphatic heterocycles. The molecule has 0 atom stereocenters. The molecule has 0 unspecified atom stereocenters. The van der Waals surface area contributed by atoms with Gasteiger partial charge in [0.15, 0.2) is 0 Å². The minimum Gasteiger partial charge on any atom is -0.369 e. The fourth-order valence-corrected chi connectivity index (χ4v) is 2.26. The minimum atomic E-state index is -0.809. The number of benzene rings is 1. The SMILES string of the molecule is CN1CCN(c2ccc(C(=O)Cl)c([N+](=O)[O-])c2)CC1.Cl. The van der Waals surface area contributed by atoms with Gasteiger partial charge in [0, 0.05) is 37.9 Å². The van der Waals surface area contributed by atoms with E-state index in [1.165, 1.54) is 12.1 Å². The Morgan fingerprint density at radius 3 is 2.40 bits per heavy atom. The molecule has 0 radical (unpaired) electrons. The molecule has 1 aromatic carbocycles. The molecule has 0 N–H and O–H groups in total. The van der Waals surface area contributed by atoms with Gasteiger partial charge in [0.2, 0.25) is 0 Å². The summed E-state index contributed by atoms with van der Waals surface area (Å²) >= 11 is 5.35. The van der Waals surface area contributed by atoms with Crippen molar-refractivity contribution < 1.29 is 9.72 Å². The Balaban J connectivity index is 0.00000200. The van der Waals surface area contributed by atoms with Crippen LogP contribution in [0.5, 0.6) is 0 Å². The van der Waals surface area contributed by atoms with E-state index in [0.29, 0.717) is 0 Å². The van der Waals surface area contributed by atoms with Crippen LogP contribution in [0.2, 0.25) is 0 Å². The molecule has 1 heterocycles. The number of halogens is 2. The molecule has 0 saturated carbocycles.